The van der Waals surface area contributed by atoms with E-state index < -0.39 is 0 Å². The highest BCUT2D eigenvalue weighted by Crippen LogP contribution is 2.21. The molecule has 7 heteroatoms. The van der Waals surface area contributed by atoms with E-state index in [2.05, 4.69) is 16.0 Å². The number of likely N-dealkylation sites (tertiary alicyclic amines) is 1. The molecule has 0 bridgehead atoms. The van der Waals surface area contributed by atoms with E-state index in [1.54, 1.807) is 6.07 Å². The number of rotatable bonds is 5. The van der Waals surface area contributed by atoms with Gasteiger partial charge in [-0.15, -0.1) is 12.4 Å². The van der Waals surface area contributed by atoms with Crippen molar-refractivity contribution in [1.29, 1.82) is 0 Å². The quantitative estimate of drug-likeness (QED) is 0.749. The van der Waals surface area contributed by atoms with Gasteiger partial charge in [-0.2, -0.15) is 0 Å². The molecule has 0 spiro atoms. The average Bonchev–Trinajstić information content (AvgIpc) is 3.39. The number of piperidine rings is 1. The normalized spacial score (nSPS) is 17.6. The highest BCUT2D eigenvalue weighted by atomic mass is 35.5. The number of amides is 3. The predicted octanol–water partition coefficient (Wildman–Crippen LogP) is 2.46. The van der Waals surface area contributed by atoms with Crippen LogP contribution < -0.4 is 16.0 Å². The maximum atomic E-state index is 12.7. The standard InChI is InChI=1S/C18H26N4O2.ClH/c1-19-12-13-7-9-22(10-8-13)17(23)14-3-2-4-16(11-14)21-18(24)20-15-5-6-15;/h2-4,11,13,15,19H,5-10,12H2,1H3,(H2,20,21,24);1H. The second kappa shape index (κ2) is 9.06. The Morgan fingerprint density at radius 1 is 1.16 bits per heavy atom. The minimum absolute atomic E-state index is 0. The lowest BCUT2D eigenvalue weighted by molar-refractivity contribution is 0.0691. The van der Waals surface area contributed by atoms with Crippen LogP contribution in [0.1, 0.15) is 36.0 Å². The molecule has 1 aliphatic carbocycles. The van der Waals surface area contributed by atoms with Crippen LogP contribution in [0, 0.1) is 5.92 Å². The van der Waals surface area contributed by atoms with Crippen LogP contribution in [0.3, 0.4) is 0 Å². The number of nitrogens with zero attached hydrogens (tertiary/aromatic N) is 1. The molecule has 0 radical (unpaired) electrons. The van der Waals surface area contributed by atoms with Crippen molar-refractivity contribution in [3.63, 3.8) is 0 Å². The van der Waals surface area contributed by atoms with E-state index in [1.807, 2.05) is 30.1 Å². The van der Waals surface area contributed by atoms with Crippen molar-refractivity contribution in [1.82, 2.24) is 15.5 Å². The molecular weight excluding hydrogens is 340 g/mol. The first-order valence-electron chi connectivity index (χ1n) is 8.77. The zero-order valence-corrected chi connectivity index (χ0v) is 15.4. The van der Waals surface area contributed by atoms with E-state index in [0.717, 1.165) is 45.3 Å². The smallest absolute Gasteiger partial charge is 0.319 e. The molecule has 1 saturated carbocycles. The average molecular weight is 367 g/mol. The van der Waals surface area contributed by atoms with E-state index in [-0.39, 0.29) is 24.3 Å². The summed E-state index contributed by atoms with van der Waals surface area (Å²) in [4.78, 5) is 26.4. The summed E-state index contributed by atoms with van der Waals surface area (Å²) in [6, 6.07) is 7.31. The van der Waals surface area contributed by atoms with Gasteiger partial charge in [-0.25, -0.2) is 4.79 Å². The largest absolute Gasteiger partial charge is 0.339 e. The number of nitrogens with one attached hydrogen (secondary N) is 3. The fourth-order valence-electron chi connectivity index (χ4n) is 3.12. The van der Waals surface area contributed by atoms with E-state index in [1.165, 1.54) is 0 Å². The number of carbonyl (C=O) groups is 2. The van der Waals surface area contributed by atoms with E-state index in [4.69, 9.17) is 0 Å². The minimum Gasteiger partial charge on any atom is -0.339 e. The fourth-order valence-corrected chi connectivity index (χ4v) is 3.12. The van der Waals surface area contributed by atoms with E-state index in [9.17, 15) is 9.59 Å². The number of benzene rings is 1. The van der Waals surface area contributed by atoms with Gasteiger partial charge in [0.2, 0.25) is 0 Å². The Labute approximate surface area is 155 Å². The van der Waals surface area contributed by atoms with Crippen molar-refractivity contribution in [3.05, 3.63) is 29.8 Å². The van der Waals surface area contributed by atoms with Gasteiger partial charge in [0.25, 0.3) is 5.91 Å². The van der Waals surface area contributed by atoms with Crippen LogP contribution in [0.15, 0.2) is 24.3 Å². The van der Waals surface area contributed by atoms with Crippen molar-refractivity contribution in [2.24, 2.45) is 5.92 Å². The van der Waals surface area contributed by atoms with Crippen LogP contribution in [0.2, 0.25) is 0 Å². The molecule has 3 amide bonds. The Morgan fingerprint density at radius 3 is 2.52 bits per heavy atom. The van der Waals surface area contributed by atoms with Crippen molar-refractivity contribution >= 4 is 30.0 Å². The van der Waals surface area contributed by atoms with Crippen LogP contribution >= 0.6 is 12.4 Å². The molecule has 1 aromatic carbocycles. The highest BCUT2D eigenvalue weighted by Gasteiger charge is 2.24. The maximum absolute atomic E-state index is 12.7. The topological polar surface area (TPSA) is 73.5 Å². The summed E-state index contributed by atoms with van der Waals surface area (Å²) in [7, 11) is 1.97. The Morgan fingerprint density at radius 2 is 1.88 bits per heavy atom. The third-order valence-corrected chi connectivity index (χ3v) is 4.67. The van der Waals surface area contributed by atoms with Crippen LogP contribution in [-0.4, -0.2) is 49.6 Å². The predicted molar refractivity (Wildman–Crippen MR) is 101 cm³/mol. The monoisotopic (exact) mass is 366 g/mol. The van der Waals surface area contributed by atoms with E-state index >= 15 is 0 Å². The van der Waals surface area contributed by atoms with Crippen molar-refractivity contribution in [2.75, 3.05) is 32.0 Å². The van der Waals surface area contributed by atoms with Crippen LogP contribution in [0.4, 0.5) is 10.5 Å². The Balaban J connectivity index is 0.00000225. The summed E-state index contributed by atoms with van der Waals surface area (Å²) in [5.74, 6) is 0.697. The van der Waals surface area contributed by atoms with Gasteiger partial charge in [0.15, 0.2) is 0 Å². The molecule has 2 aliphatic rings. The van der Waals surface area contributed by atoms with Crippen LogP contribution in [0.5, 0.6) is 0 Å². The van der Waals surface area contributed by atoms with Crippen LogP contribution in [0.25, 0.3) is 0 Å². The number of halogens is 1. The summed E-state index contributed by atoms with van der Waals surface area (Å²) in [6.07, 6.45) is 4.17. The summed E-state index contributed by atoms with van der Waals surface area (Å²) in [5.41, 5.74) is 1.29. The molecule has 138 valence electrons. The second-order valence-electron chi connectivity index (χ2n) is 6.75. The molecule has 1 aromatic rings. The lowest BCUT2D eigenvalue weighted by Crippen LogP contribution is -2.40. The minimum atomic E-state index is -0.199. The third kappa shape index (κ3) is 5.61. The van der Waals surface area contributed by atoms with Gasteiger partial charge < -0.3 is 20.9 Å². The molecule has 3 rings (SSSR count). The molecular formula is C18H27ClN4O2. The SMILES string of the molecule is CNCC1CCN(C(=O)c2cccc(NC(=O)NC3CC3)c2)CC1.Cl. The summed E-state index contributed by atoms with van der Waals surface area (Å²) in [6.45, 7) is 2.60. The van der Waals surface area contributed by atoms with Gasteiger partial charge in [0, 0.05) is 30.4 Å². The lowest BCUT2D eigenvalue weighted by Gasteiger charge is -2.32. The number of hydrogen-bond donors (Lipinski definition) is 3. The first-order chi connectivity index (χ1) is 11.7. The zero-order chi connectivity index (χ0) is 16.9. The molecule has 3 N–H and O–H groups in total. The van der Waals surface area contributed by atoms with Gasteiger partial charge >= 0.3 is 6.03 Å². The van der Waals surface area contributed by atoms with Gasteiger partial charge in [-0.3, -0.25) is 4.79 Å². The summed E-state index contributed by atoms with van der Waals surface area (Å²) >= 11 is 0. The molecule has 0 unspecified atom stereocenters. The molecule has 1 heterocycles. The Hall–Kier alpha value is -1.79. The van der Waals surface area contributed by atoms with Gasteiger partial charge in [0.1, 0.15) is 0 Å². The molecule has 2 fully saturated rings. The summed E-state index contributed by atoms with van der Waals surface area (Å²) < 4.78 is 0. The molecule has 1 aliphatic heterocycles. The molecule has 1 saturated heterocycles. The fraction of sp³-hybridized carbons (Fsp3) is 0.556. The van der Waals surface area contributed by atoms with Crippen molar-refractivity contribution in [3.8, 4) is 0 Å². The number of carbonyl (C=O) groups excluding carboxylic acids is 2. The van der Waals surface area contributed by atoms with Crippen LogP contribution in [-0.2, 0) is 0 Å². The third-order valence-electron chi connectivity index (χ3n) is 4.67. The first kappa shape index (κ1) is 19.5. The lowest BCUT2D eigenvalue weighted by atomic mass is 9.96. The maximum Gasteiger partial charge on any atom is 0.319 e. The zero-order valence-electron chi connectivity index (χ0n) is 14.6. The Bertz CT molecular complexity index is 598. The molecule has 0 atom stereocenters. The molecule has 25 heavy (non-hydrogen) atoms. The highest BCUT2D eigenvalue weighted by molar-refractivity contribution is 5.97. The summed E-state index contributed by atoms with van der Waals surface area (Å²) in [5, 5.41) is 8.89. The Kier molecular flexibility index (Phi) is 7.08. The molecule has 0 aromatic heterocycles. The number of urea groups is 1. The second-order valence-corrected chi connectivity index (χ2v) is 6.75. The van der Waals surface area contributed by atoms with Crippen molar-refractivity contribution < 1.29 is 9.59 Å². The number of hydrogen-bond acceptors (Lipinski definition) is 3. The van der Waals surface area contributed by atoms with E-state index in [0.29, 0.717) is 23.2 Å². The van der Waals surface area contributed by atoms with Crippen molar-refractivity contribution in [2.45, 2.75) is 31.7 Å². The first-order valence-corrected chi connectivity index (χ1v) is 8.77. The molecule has 6 nitrogen and oxygen atoms in total. The van der Waals surface area contributed by atoms with Gasteiger partial charge in [0.05, 0.1) is 0 Å². The van der Waals surface area contributed by atoms with Gasteiger partial charge in [-0.05, 0) is 63.4 Å². The number of anilines is 1. The van der Waals surface area contributed by atoms with Gasteiger partial charge in [-0.1, -0.05) is 6.07 Å².